The van der Waals surface area contributed by atoms with Crippen molar-refractivity contribution >= 4 is 22.8 Å². The highest BCUT2D eigenvalue weighted by Crippen LogP contribution is 2.14. The molecule has 3 aromatic rings. The number of nitrogens with zero attached hydrogens (tertiary/aromatic N) is 1. The molecule has 1 N–H and O–H groups in total. The van der Waals surface area contributed by atoms with E-state index in [2.05, 4.69) is 14.7 Å². The van der Waals surface area contributed by atoms with Gasteiger partial charge >= 0.3 is 11.9 Å². The summed E-state index contributed by atoms with van der Waals surface area (Å²) in [4.78, 5) is 42.2. The molecule has 27 heavy (non-hydrogen) atoms. The van der Waals surface area contributed by atoms with Gasteiger partial charge in [0.15, 0.2) is 0 Å². The van der Waals surface area contributed by atoms with Crippen LogP contribution < -0.4 is 5.56 Å². The minimum absolute atomic E-state index is 0.00890. The van der Waals surface area contributed by atoms with E-state index in [9.17, 15) is 23.2 Å². The third kappa shape index (κ3) is 3.81. The average Bonchev–Trinajstić information content (AvgIpc) is 2.65. The first-order valence-electron chi connectivity index (χ1n) is 7.62. The minimum Gasteiger partial charge on any atom is -0.465 e. The van der Waals surface area contributed by atoms with Crippen molar-refractivity contribution < 1.29 is 27.8 Å². The van der Waals surface area contributed by atoms with Crippen LogP contribution in [0.4, 0.5) is 8.78 Å². The number of methoxy groups -OCH3 is 1. The van der Waals surface area contributed by atoms with Crippen molar-refractivity contribution in [1.29, 1.82) is 0 Å². The molecule has 138 valence electrons. The lowest BCUT2D eigenvalue weighted by Gasteiger charge is -2.07. The fourth-order valence-corrected chi connectivity index (χ4v) is 2.37. The number of aromatic amines is 1. The highest BCUT2D eigenvalue weighted by Gasteiger charge is 2.15. The van der Waals surface area contributed by atoms with Crippen LogP contribution in [0.5, 0.6) is 0 Å². The maximum atomic E-state index is 13.6. The van der Waals surface area contributed by atoms with E-state index in [4.69, 9.17) is 4.74 Å². The largest absolute Gasteiger partial charge is 0.465 e. The van der Waals surface area contributed by atoms with Crippen LogP contribution in [0.15, 0.2) is 41.2 Å². The zero-order valence-electron chi connectivity index (χ0n) is 13.9. The number of aromatic nitrogens is 2. The number of fused-ring (bicyclic) bond motifs is 1. The summed E-state index contributed by atoms with van der Waals surface area (Å²) in [6, 6.07) is 6.62. The molecule has 0 aliphatic carbocycles. The molecule has 0 unspecified atom stereocenters. The molecule has 0 atom stereocenters. The molecule has 9 heteroatoms. The summed E-state index contributed by atoms with van der Waals surface area (Å²) in [5.74, 6) is -3.55. The molecule has 0 saturated heterocycles. The van der Waals surface area contributed by atoms with E-state index >= 15 is 0 Å². The van der Waals surface area contributed by atoms with Crippen LogP contribution in [-0.4, -0.2) is 29.0 Å². The number of rotatable bonds is 4. The number of H-pyrrole nitrogens is 1. The minimum atomic E-state index is -1.07. The first-order valence-corrected chi connectivity index (χ1v) is 7.62. The summed E-state index contributed by atoms with van der Waals surface area (Å²) >= 11 is 0. The Balaban J connectivity index is 1.85. The summed E-state index contributed by atoms with van der Waals surface area (Å²) in [7, 11) is 1.22. The van der Waals surface area contributed by atoms with E-state index in [1.807, 2.05) is 0 Å². The van der Waals surface area contributed by atoms with E-state index in [1.165, 1.54) is 25.3 Å². The Labute approximate surface area is 150 Å². The lowest BCUT2D eigenvalue weighted by Crippen LogP contribution is -2.15. The smallest absolute Gasteiger partial charge is 0.341 e. The number of esters is 2. The maximum absolute atomic E-state index is 13.6. The zero-order chi connectivity index (χ0) is 19.6. The van der Waals surface area contributed by atoms with E-state index in [0.29, 0.717) is 6.07 Å². The SMILES string of the molecule is COC(=O)c1ccc2c(=O)[nH]c(COC(=O)c3ccc(F)cc3F)nc2c1. The Kier molecular flexibility index (Phi) is 4.93. The number of halogens is 2. The van der Waals surface area contributed by atoms with Crippen LogP contribution in [0.25, 0.3) is 10.9 Å². The first-order chi connectivity index (χ1) is 12.9. The van der Waals surface area contributed by atoms with Crippen LogP contribution >= 0.6 is 0 Å². The molecule has 0 aliphatic rings. The Hall–Kier alpha value is -3.62. The second kappa shape index (κ2) is 7.32. The average molecular weight is 374 g/mol. The molecule has 0 bridgehead atoms. The molecule has 0 fully saturated rings. The standard InChI is InChI=1S/C18H12F2N2O5/c1-26-17(24)9-2-4-12-14(6-9)21-15(22-16(12)23)8-27-18(25)11-5-3-10(19)7-13(11)20/h2-7H,8H2,1H3,(H,21,22,23). The van der Waals surface area contributed by atoms with Gasteiger partial charge in [-0.1, -0.05) is 0 Å². The topological polar surface area (TPSA) is 98.4 Å². The van der Waals surface area contributed by atoms with Crippen LogP contribution in [-0.2, 0) is 16.1 Å². The Bertz CT molecular complexity index is 1110. The van der Waals surface area contributed by atoms with Gasteiger partial charge in [-0.2, -0.15) is 0 Å². The van der Waals surface area contributed by atoms with E-state index in [0.717, 1.165) is 12.1 Å². The van der Waals surface area contributed by atoms with Crippen molar-refractivity contribution in [2.45, 2.75) is 6.61 Å². The summed E-state index contributed by atoms with van der Waals surface area (Å²) in [6.45, 7) is -0.455. The second-order valence-electron chi connectivity index (χ2n) is 5.44. The molecule has 2 aromatic carbocycles. The van der Waals surface area contributed by atoms with Gasteiger partial charge in [0.25, 0.3) is 5.56 Å². The van der Waals surface area contributed by atoms with Gasteiger partial charge in [0, 0.05) is 6.07 Å². The zero-order valence-corrected chi connectivity index (χ0v) is 13.9. The van der Waals surface area contributed by atoms with Crippen LogP contribution in [0.3, 0.4) is 0 Å². The highest BCUT2D eigenvalue weighted by molar-refractivity contribution is 5.94. The van der Waals surface area contributed by atoms with E-state index in [1.54, 1.807) is 0 Å². The van der Waals surface area contributed by atoms with Crippen molar-refractivity contribution in [1.82, 2.24) is 9.97 Å². The van der Waals surface area contributed by atoms with Crippen molar-refractivity contribution in [2.24, 2.45) is 0 Å². The number of ether oxygens (including phenoxy) is 2. The molecular weight excluding hydrogens is 362 g/mol. The Morgan fingerprint density at radius 3 is 2.59 bits per heavy atom. The summed E-state index contributed by atoms with van der Waals surface area (Å²) < 4.78 is 36.0. The number of carbonyl (C=O) groups excluding carboxylic acids is 2. The van der Waals surface area contributed by atoms with Gasteiger partial charge in [0.2, 0.25) is 0 Å². The molecule has 3 rings (SSSR count). The van der Waals surface area contributed by atoms with Crippen molar-refractivity contribution in [3.63, 3.8) is 0 Å². The third-order valence-electron chi connectivity index (χ3n) is 3.67. The van der Waals surface area contributed by atoms with Gasteiger partial charge in [-0.15, -0.1) is 0 Å². The number of hydrogen-bond donors (Lipinski definition) is 1. The molecule has 0 spiro atoms. The number of benzene rings is 2. The first kappa shape index (κ1) is 18.2. The van der Waals surface area contributed by atoms with E-state index in [-0.39, 0.29) is 22.3 Å². The Morgan fingerprint density at radius 2 is 1.89 bits per heavy atom. The lowest BCUT2D eigenvalue weighted by molar-refractivity contribution is 0.0456. The van der Waals surface area contributed by atoms with E-state index < -0.39 is 41.3 Å². The number of carbonyl (C=O) groups is 2. The highest BCUT2D eigenvalue weighted by atomic mass is 19.1. The van der Waals surface area contributed by atoms with Crippen molar-refractivity contribution in [3.05, 3.63) is 75.3 Å². The fraction of sp³-hybridized carbons (Fsp3) is 0.111. The van der Waals surface area contributed by atoms with Crippen molar-refractivity contribution in [2.75, 3.05) is 7.11 Å². The monoisotopic (exact) mass is 374 g/mol. The van der Waals surface area contributed by atoms with Crippen LogP contribution in [0, 0.1) is 11.6 Å². The summed E-state index contributed by atoms with van der Waals surface area (Å²) in [5.41, 5.74) is -0.567. The molecule has 0 radical (unpaired) electrons. The van der Waals surface area contributed by atoms with Gasteiger partial charge in [-0.05, 0) is 30.3 Å². The summed E-state index contributed by atoms with van der Waals surface area (Å²) in [5, 5.41) is 0.224. The van der Waals surface area contributed by atoms with Gasteiger partial charge < -0.3 is 14.5 Å². The molecule has 1 heterocycles. The predicted molar refractivity (Wildman–Crippen MR) is 89.2 cm³/mol. The molecule has 1 aromatic heterocycles. The Morgan fingerprint density at radius 1 is 1.11 bits per heavy atom. The lowest BCUT2D eigenvalue weighted by atomic mass is 10.1. The molecular formula is C18H12F2N2O5. The molecule has 0 saturated carbocycles. The third-order valence-corrected chi connectivity index (χ3v) is 3.67. The number of nitrogens with one attached hydrogen (secondary N) is 1. The fourth-order valence-electron chi connectivity index (χ4n) is 2.37. The molecule has 0 amide bonds. The van der Waals surface area contributed by atoms with Crippen molar-refractivity contribution in [3.8, 4) is 0 Å². The normalized spacial score (nSPS) is 10.6. The predicted octanol–water partition coefficient (Wildman–Crippen LogP) is 2.34. The second-order valence-corrected chi connectivity index (χ2v) is 5.44. The molecule has 0 aliphatic heterocycles. The maximum Gasteiger partial charge on any atom is 0.341 e. The molecule has 7 nitrogen and oxygen atoms in total. The van der Waals surface area contributed by atoms with Gasteiger partial charge in [0.05, 0.1) is 29.1 Å². The quantitative estimate of drug-likeness (QED) is 0.704. The van der Waals surface area contributed by atoms with Gasteiger partial charge in [0.1, 0.15) is 24.1 Å². The van der Waals surface area contributed by atoms with Gasteiger partial charge in [-0.3, -0.25) is 4.79 Å². The number of hydrogen-bond acceptors (Lipinski definition) is 6. The summed E-state index contributed by atoms with van der Waals surface area (Å²) in [6.07, 6.45) is 0. The van der Waals surface area contributed by atoms with Crippen LogP contribution in [0.2, 0.25) is 0 Å². The van der Waals surface area contributed by atoms with Gasteiger partial charge in [-0.25, -0.2) is 23.4 Å². The van der Waals surface area contributed by atoms with Crippen LogP contribution in [0.1, 0.15) is 26.5 Å².